The van der Waals surface area contributed by atoms with E-state index >= 15 is 0 Å². The van der Waals surface area contributed by atoms with Crippen LogP contribution in [0.15, 0.2) is 46.8 Å². The minimum atomic E-state index is -0.120. The molecule has 0 atom stereocenters. The van der Waals surface area contributed by atoms with Gasteiger partial charge in [0.1, 0.15) is 0 Å². The molecule has 0 unspecified atom stereocenters. The maximum atomic E-state index is 11.9. The van der Waals surface area contributed by atoms with Crippen LogP contribution >= 0.6 is 22.9 Å². The minimum Gasteiger partial charge on any atom is -0.355 e. The number of guanidine groups is 1. The molecule has 7 heteroatoms. The molecule has 23 heavy (non-hydrogen) atoms. The zero-order valence-corrected chi connectivity index (χ0v) is 14.4. The number of carbonyl (C=O) groups is 1. The van der Waals surface area contributed by atoms with Gasteiger partial charge in [0.25, 0.3) is 5.91 Å². The van der Waals surface area contributed by atoms with Crippen molar-refractivity contribution in [1.29, 1.82) is 0 Å². The Labute approximate surface area is 144 Å². The monoisotopic (exact) mass is 350 g/mol. The largest absolute Gasteiger partial charge is 0.355 e. The van der Waals surface area contributed by atoms with Gasteiger partial charge in [-0.2, -0.15) is 0 Å². The molecule has 0 saturated heterocycles. The highest BCUT2D eigenvalue weighted by molar-refractivity contribution is 7.09. The zero-order chi connectivity index (χ0) is 16.5. The van der Waals surface area contributed by atoms with Crippen molar-refractivity contribution >= 4 is 34.8 Å². The standard InChI is InChI=1S/C16H19ClN4OS/c1-18-16(21-11-14-3-2-10-23-14)20-9-8-19-15(22)12-4-6-13(17)7-5-12/h2-7,10H,8-9,11H2,1H3,(H,19,22)(H2,18,20,21). The quantitative estimate of drug-likeness (QED) is 0.426. The Morgan fingerprint density at radius 3 is 2.52 bits per heavy atom. The highest BCUT2D eigenvalue weighted by atomic mass is 35.5. The van der Waals surface area contributed by atoms with Crippen molar-refractivity contribution in [2.75, 3.05) is 20.1 Å². The van der Waals surface area contributed by atoms with Gasteiger partial charge in [0, 0.05) is 35.6 Å². The van der Waals surface area contributed by atoms with E-state index in [0.717, 1.165) is 6.54 Å². The molecule has 1 aromatic carbocycles. The van der Waals surface area contributed by atoms with E-state index < -0.39 is 0 Å². The summed E-state index contributed by atoms with van der Waals surface area (Å²) in [5.74, 6) is 0.587. The summed E-state index contributed by atoms with van der Waals surface area (Å²) in [5.41, 5.74) is 0.592. The molecule has 0 aliphatic rings. The number of aliphatic imine (C=N–C) groups is 1. The van der Waals surface area contributed by atoms with Crippen LogP contribution in [0.25, 0.3) is 0 Å². The van der Waals surface area contributed by atoms with Crippen molar-refractivity contribution in [3.8, 4) is 0 Å². The molecule has 122 valence electrons. The Morgan fingerprint density at radius 1 is 1.13 bits per heavy atom. The zero-order valence-electron chi connectivity index (χ0n) is 12.8. The van der Waals surface area contributed by atoms with Crippen LogP contribution in [-0.4, -0.2) is 32.0 Å². The molecular formula is C16H19ClN4OS. The molecule has 0 saturated carbocycles. The molecule has 1 amide bonds. The molecular weight excluding hydrogens is 332 g/mol. The summed E-state index contributed by atoms with van der Waals surface area (Å²) in [6.07, 6.45) is 0. The van der Waals surface area contributed by atoms with E-state index in [1.54, 1.807) is 42.6 Å². The Balaban J connectivity index is 1.67. The molecule has 0 bridgehead atoms. The van der Waals surface area contributed by atoms with Gasteiger partial charge >= 0.3 is 0 Å². The first-order valence-corrected chi connectivity index (χ1v) is 8.45. The second kappa shape index (κ2) is 9.17. The molecule has 0 aliphatic carbocycles. The van der Waals surface area contributed by atoms with Gasteiger partial charge < -0.3 is 16.0 Å². The fraction of sp³-hybridized carbons (Fsp3) is 0.250. The first kappa shape index (κ1) is 17.3. The van der Waals surface area contributed by atoms with Crippen LogP contribution in [0.4, 0.5) is 0 Å². The van der Waals surface area contributed by atoms with Crippen molar-refractivity contribution in [2.24, 2.45) is 4.99 Å². The summed E-state index contributed by atoms with van der Waals surface area (Å²) in [7, 11) is 1.72. The van der Waals surface area contributed by atoms with Gasteiger partial charge in [-0.05, 0) is 35.7 Å². The van der Waals surface area contributed by atoms with Crippen molar-refractivity contribution < 1.29 is 4.79 Å². The number of hydrogen-bond acceptors (Lipinski definition) is 3. The number of rotatable bonds is 6. The molecule has 2 aromatic rings. The number of hydrogen-bond donors (Lipinski definition) is 3. The van der Waals surface area contributed by atoms with E-state index in [1.165, 1.54) is 4.88 Å². The number of nitrogens with zero attached hydrogens (tertiary/aromatic N) is 1. The summed E-state index contributed by atoms with van der Waals surface area (Å²) in [6, 6.07) is 10.9. The first-order valence-electron chi connectivity index (χ1n) is 7.19. The van der Waals surface area contributed by atoms with Crippen LogP contribution in [0.2, 0.25) is 5.02 Å². The average Bonchev–Trinajstić information content (AvgIpc) is 3.08. The normalized spacial score (nSPS) is 11.1. The number of thiophene rings is 1. The lowest BCUT2D eigenvalue weighted by atomic mass is 10.2. The van der Waals surface area contributed by atoms with Gasteiger partial charge in [-0.25, -0.2) is 0 Å². The highest BCUT2D eigenvalue weighted by Gasteiger charge is 2.04. The fourth-order valence-electron chi connectivity index (χ4n) is 1.86. The summed E-state index contributed by atoms with van der Waals surface area (Å²) in [6.45, 7) is 1.82. The van der Waals surface area contributed by atoms with E-state index in [1.807, 2.05) is 11.4 Å². The SMILES string of the molecule is CN=C(NCCNC(=O)c1ccc(Cl)cc1)NCc1cccs1. The fourth-order valence-corrected chi connectivity index (χ4v) is 2.64. The first-order chi connectivity index (χ1) is 11.2. The van der Waals surface area contributed by atoms with Gasteiger partial charge in [0.15, 0.2) is 5.96 Å². The van der Waals surface area contributed by atoms with Crippen LogP contribution in [0.1, 0.15) is 15.2 Å². The third kappa shape index (κ3) is 5.92. The molecule has 0 spiro atoms. The van der Waals surface area contributed by atoms with Crippen LogP contribution in [-0.2, 0) is 6.54 Å². The lowest BCUT2D eigenvalue weighted by Crippen LogP contribution is -2.41. The average molecular weight is 351 g/mol. The summed E-state index contributed by atoms with van der Waals surface area (Å²) in [5, 5.41) is 11.9. The summed E-state index contributed by atoms with van der Waals surface area (Å²) >= 11 is 7.49. The summed E-state index contributed by atoms with van der Waals surface area (Å²) < 4.78 is 0. The van der Waals surface area contributed by atoms with Crippen molar-refractivity contribution in [1.82, 2.24) is 16.0 Å². The number of benzene rings is 1. The maximum absolute atomic E-state index is 11.9. The van der Waals surface area contributed by atoms with Crippen molar-refractivity contribution in [2.45, 2.75) is 6.54 Å². The van der Waals surface area contributed by atoms with E-state index in [0.29, 0.717) is 29.6 Å². The highest BCUT2D eigenvalue weighted by Crippen LogP contribution is 2.09. The molecule has 2 rings (SSSR count). The Hall–Kier alpha value is -2.05. The lowest BCUT2D eigenvalue weighted by Gasteiger charge is -2.11. The summed E-state index contributed by atoms with van der Waals surface area (Å²) in [4.78, 5) is 17.3. The molecule has 5 nitrogen and oxygen atoms in total. The number of nitrogens with one attached hydrogen (secondary N) is 3. The number of halogens is 1. The van der Waals surface area contributed by atoms with Crippen LogP contribution in [0, 0.1) is 0 Å². The van der Waals surface area contributed by atoms with Gasteiger partial charge in [0.05, 0.1) is 6.54 Å². The Morgan fingerprint density at radius 2 is 1.87 bits per heavy atom. The van der Waals surface area contributed by atoms with Crippen molar-refractivity contribution in [3.63, 3.8) is 0 Å². The van der Waals surface area contributed by atoms with E-state index in [-0.39, 0.29) is 5.91 Å². The van der Waals surface area contributed by atoms with Crippen LogP contribution in [0.3, 0.4) is 0 Å². The Kier molecular flexibility index (Phi) is 6.90. The number of carbonyl (C=O) groups excluding carboxylic acids is 1. The van der Waals surface area contributed by atoms with Gasteiger partial charge in [0.2, 0.25) is 0 Å². The second-order valence-corrected chi connectivity index (χ2v) is 6.16. The minimum absolute atomic E-state index is 0.120. The predicted octanol–water partition coefficient (Wildman–Crippen LogP) is 2.50. The topological polar surface area (TPSA) is 65.5 Å². The smallest absolute Gasteiger partial charge is 0.251 e. The van der Waals surface area contributed by atoms with Crippen LogP contribution < -0.4 is 16.0 Å². The second-order valence-electron chi connectivity index (χ2n) is 4.69. The Bertz CT molecular complexity index is 641. The van der Waals surface area contributed by atoms with Gasteiger partial charge in [-0.1, -0.05) is 17.7 Å². The number of amides is 1. The third-order valence-corrected chi connectivity index (χ3v) is 4.17. The van der Waals surface area contributed by atoms with E-state index in [9.17, 15) is 4.79 Å². The predicted molar refractivity (Wildman–Crippen MR) is 96.3 cm³/mol. The lowest BCUT2D eigenvalue weighted by molar-refractivity contribution is 0.0954. The third-order valence-electron chi connectivity index (χ3n) is 3.04. The van der Waals surface area contributed by atoms with Crippen LogP contribution in [0.5, 0.6) is 0 Å². The van der Waals surface area contributed by atoms with E-state index in [4.69, 9.17) is 11.6 Å². The van der Waals surface area contributed by atoms with E-state index in [2.05, 4.69) is 27.0 Å². The van der Waals surface area contributed by atoms with Gasteiger partial charge in [-0.3, -0.25) is 9.79 Å². The maximum Gasteiger partial charge on any atom is 0.251 e. The van der Waals surface area contributed by atoms with Crippen molar-refractivity contribution in [3.05, 3.63) is 57.2 Å². The molecule has 0 aliphatic heterocycles. The molecule has 1 heterocycles. The molecule has 1 aromatic heterocycles. The van der Waals surface area contributed by atoms with Gasteiger partial charge in [-0.15, -0.1) is 11.3 Å². The molecule has 3 N–H and O–H groups in total. The molecule has 0 fully saturated rings. The molecule has 0 radical (unpaired) electrons.